The number of hydrogen-bond acceptors (Lipinski definition) is 3. The molecule has 4 aliphatic rings. The average molecular weight is 491 g/mol. The van der Waals surface area contributed by atoms with E-state index in [1.54, 1.807) is 6.92 Å². The van der Waals surface area contributed by atoms with Gasteiger partial charge < -0.3 is 0 Å². The summed E-state index contributed by atoms with van der Waals surface area (Å²) in [6.45, 7) is 11.7. The van der Waals surface area contributed by atoms with Crippen LogP contribution in [0.1, 0.15) is 112 Å². The van der Waals surface area contributed by atoms with Gasteiger partial charge in [-0.3, -0.25) is 4.79 Å². The van der Waals surface area contributed by atoms with Crippen molar-refractivity contribution in [2.24, 2.45) is 46.8 Å². The van der Waals surface area contributed by atoms with Gasteiger partial charge in [0.05, 0.1) is 0 Å². The number of carbonyl (C=O) groups is 1. The van der Waals surface area contributed by atoms with Crippen LogP contribution in [0.3, 0.4) is 0 Å². The predicted molar refractivity (Wildman–Crippen MR) is 148 cm³/mol. The van der Waals surface area contributed by atoms with Crippen molar-refractivity contribution >= 4 is 27.4 Å². The number of Topliss-reactive ketones (excluding diaryl/α,β-unsaturated/α-hetero) is 1. The van der Waals surface area contributed by atoms with E-state index in [1.807, 2.05) is 16.4 Å². The van der Waals surface area contributed by atoms with Crippen molar-refractivity contribution in [1.29, 1.82) is 0 Å². The zero-order valence-corrected chi connectivity index (χ0v) is 23.7. The van der Waals surface area contributed by atoms with Gasteiger partial charge in [-0.2, -0.15) is 0 Å². The van der Waals surface area contributed by atoms with Crippen molar-refractivity contribution in [2.75, 3.05) is 5.75 Å². The van der Waals surface area contributed by atoms with Gasteiger partial charge in [0.25, 0.3) is 0 Å². The maximum Gasteiger partial charge on any atom is 0.130 e. The lowest BCUT2D eigenvalue weighted by molar-refractivity contribution is -0.116. The third-order valence-electron chi connectivity index (χ3n) is 10.3. The van der Waals surface area contributed by atoms with Crippen LogP contribution in [0.15, 0.2) is 11.6 Å². The first-order valence-electron chi connectivity index (χ1n) is 14.3. The largest absolute Gasteiger partial charge is 0.300 e. The topological polar surface area (TPSA) is 17.1 Å². The Morgan fingerprint density at radius 3 is 2.61 bits per heavy atom. The Morgan fingerprint density at radius 2 is 1.85 bits per heavy atom. The summed E-state index contributed by atoms with van der Waals surface area (Å²) in [5.41, 5.74) is 2.30. The summed E-state index contributed by atoms with van der Waals surface area (Å²) < 4.78 is 0. The molecular formula is C30H50OS2. The molecule has 0 aromatic heterocycles. The van der Waals surface area contributed by atoms with Crippen LogP contribution in [0.5, 0.6) is 0 Å². The maximum absolute atomic E-state index is 11.2. The minimum Gasteiger partial charge on any atom is -0.300 e. The Labute approximate surface area is 212 Å². The fraction of sp³-hybridized carbons (Fsp3) is 0.900. The highest BCUT2D eigenvalue weighted by molar-refractivity contribution is 8.76. The third-order valence-corrected chi connectivity index (χ3v) is 13.3. The number of ketones is 1. The van der Waals surface area contributed by atoms with Gasteiger partial charge in [-0.05, 0) is 105 Å². The molecule has 33 heavy (non-hydrogen) atoms. The molecule has 0 amide bonds. The van der Waals surface area contributed by atoms with E-state index in [0.717, 1.165) is 58.8 Å². The van der Waals surface area contributed by atoms with Gasteiger partial charge in [0.2, 0.25) is 0 Å². The van der Waals surface area contributed by atoms with Crippen LogP contribution >= 0.6 is 21.6 Å². The molecule has 3 saturated carbocycles. The molecule has 4 unspecified atom stereocenters. The van der Waals surface area contributed by atoms with Gasteiger partial charge in [0.1, 0.15) is 5.78 Å². The van der Waals surface area contributed by atoms with Crippen molar-refractivity contribution in [3.05, 3.63) is 11.6 Å². The molecule has 0 radical (unpaired) electrons. The second kappa shape index (κ2) is 11.4. The minimum atomic E-state index is 0.329. The molecule has 0 aromatic rings. The number of allylic oxidation sites excluding steroid dienone is 2. The molecule has 1 nitrogen and oxygen atoms in total. The smallest absolute Gasteiger partial charge is 0.130 e. The molecule has 0 aliphatic heterocycles. The van der Waals surface area contributed by atoms with E-state index in [1.165, 1.54) is 70.6 Å². The lowest BCUT2D eigenvalue weighted by atomic mass is 9.50. The molecule has 0 N–H and O–H groups in total. The van der Waals surface area contributed by atoms with Crippen molar-refractivity contribution in [1.82, 2.24) is 0 Å². The Balaban J connectivity index is 1.34. The first-order valence-corrected chi connectivity index (χ1v) is 16.6. The molecule has 8 atom stereocenters. The Bertz CT molecular complexity index is 699. The molecule has 0 aromatic carbocycles. The van der Waals surface area contributed by atoms with Crippen LogP contribution in [0, 0.1) is 46.8 Å². The summed E-state index contributed by atoms with van der Waals surface area (Å²) in [5, 5.41) is 0.761. The van der Waals surface area contributed by atoms with Gasteiger partial charge in [-0.25, -0.2) is 0 Å². The monoisotopic (exact) mass is 490 g/mol. The van der Waals surface area contributed by atoms with Crippen LogP contribution < -0.4 is 0 Å². The van der Waals surface area contributed by atoms with Crippen LogP contribution in [0.4, 0.5) is 0 Å². The zero-order chi connectivity index (χ0) is 23.6. The van der Waals surface area contributed by atoms with E-state index in [9.17, 15) is 4.79 Å². The summed E-state index contributed by atoms with van der Waals surface area (Å²) in [6, 6.07) is 0. The Kier molecular flexibility index (Phi) is 9.08. The molecule has 4 rings (SSSR count). The normalized spacial score (nSPS) is 38.9. The average Bonchev–Trinajstić information content (AvgIpc) is 3.21. The van der Waals surface area contributed by atoms with E-state index < -0.39 is 0 Å². The first-order chi connectivity index (χ1) is 15.8. The van der Waals surface area contributed by atoms with Crippen molar-refractivity contribution < 1.29 is 4.79 Å². The van der Waals surface area contributed by atoms with Crippen molar-refractivity contribution in [3.8, 4) is 0 Å². The van der Waals surface area contributed by atoms with Crippen LogP contribution in [0.2, 0.25) is 0 Å². The molecule has 0 saturated heterocycles. The number of hydrogen-bond donors (Lipinski definition) is 0. The van der Waals surface area contributed by atoms with Crippen molar-refractivity contribution in [2.45, 2.75) is 117 Å². The quantitative estimate of drug-likeness (QED) is 0.172. The molecule has 0 spiro atoms. The zero-order valence-electron chi connectivity index (χ0n) is 22.1. The highest BCUT2D eigenvalue weighted by Crippen LogP contribution is 2.63. The van der Waals surface area contributed by atoms with Crippen LogP contribution in [-0.2, 0) is 4.79 Å². The SMILES string of the molecule is CC(=O)CCSS[C@H]1CC[C@@]2(C)C(=CCC3C4CC[C@H]([C@H](C)CCCC(C)C)C4CCC32)C1. The van der Waals surface area contributed by atoms with E-state index in [4.69, 9.17) is 0 Å². The molecule has 0 bridgehead atoms. The fourth-order valence-corrected chi connectivity index (χ4v) is 11.2. The highest BCUT2D eigenvalue weighted by Gasteiger charge is 2.54. The Hall–Kier alpha value is 0.110. The highest BCUT2D eigenvalue weighted by atomic mass is 33.1. The number of rotatable bonds is 10. The van der Waals surface area contributed by atoms with E-state index in [2.05, 4.69) is 44.6 Å². The summed E-state index contributed by atoms with van der Waals surface area (Å²) in [5.74, 6) is 8.10. The van der Waals surface area contributed by atoms with Gasteiger partial charge in [0, 0.05) is 17.4 Å². The molecule has 0 heterocycles. The second-order valence-electron chi connectivity index (χ2n) is 12.8. The molecule has 3 fully saturated rings. The summed E-state index contributed by atoms with van der Waals surface area (Å²) in [4.78, 5) is 11.2. The minimum absolute atomic E-state index is 0.329. The van der Waals surface area contributed by atoms with Gasteiger partial charge in [-0.1, -0.05) is 80.2 Å². The van der Waals surface area contributed by atoms with Crippen LogP contribution in [-0.4, -0.2) is 16.8 Å². The predicted octanol–water partition coefficient (Wildman–Crippen LogP) is 9.37. The van der Waals surface area contributed by atoms with Gasteiger partial charge >= 0.3 is 0 Å². The molecular weight excluding hydrogens is 440 g/mol. The standard InChI is InChI=1S/C30H50OS2/c1-20(2)7-6-8-21(3)25-11-12-27-26(25)13-14-29-28(27)10-9-23-19-24(15-17-30(23,29)5)33-32-18-16-22(4)31/h9,20-21,24-29H,6-8,10-19H2,1-5H3/t21-,24+,25-,26?,27?,28?,29?,30+/m1/s1. The molecule has 4 aliphatic carbocycles. The molecule has 3 heteroatoms. The molecule has 188 valence electrons. The van der Waals surface area contributed by atoms with E-state index in [-0.39, 0.29) is 0 Å². The second-order valence-corrected chi connectivity index (χ2v) is 15.6. The summed E-state index contributed by atoms with van der Waals surface area (Å²) >= 11 is 0. The fourth-order valence-electron chi connectivity index (χ4n) is 8.51. The van der Waals surface area contributed by atoms with Crippen LogP contribution in [0.25, 0.3) is 0 Å². The number of fused-ring (bicyclic) bond motifs is 5. The summed E-state index contributed by atoms with van der Waals surface area (Å²) in [6.07, 6.45) is 19.3. The van der Waals surface area contributed by atoms with E-state index >= 15 is 0 Å². The van der Waals surface area contributed by atoms with E-state index in [0.29, 0.717) is 11.2 Å². The lowest BCUT2D eigenvalue weighted by Gasteiger charge is -2.55. The van der Waals surface area contributed by atoms with Crippen molar-refractivity contribution in [3.63, 3.8) is 0 Å². The lowest BCUT2D eigenvalue weighted by Crippen LogP contribution is -2.47. The summed E-state index contributed by atoms with van der Waals surface area (Å²) in [7, 11) is 4.01. The van der Waals surface area contributed by atoms with Gasteiger partial charge in [-0.15, -0.1) is 0 Å². The first kappa shape index (κ1) is 26.2. The van der Waals surface area contributed by atoms with Gasteiger partial charge in [0.15, 0.2) is 0 Å². The Morgan fingerprint density at radius 1 is 1.06 bits per heavy atom. The number of carbonyl (C=O) groups excluding carboxylic acids is 1. The maximum atomic E-state index is 11.2. The third kappa shape index (κ3) is 5.92.